The molecule has 334 valence electrons. The molecule has 0 bridgehead atoms. The smallest absolute Gasteiger partial charge is 0.303 e. The van der Waals surface area contributed by atoms with E-state index in [1.54, 1.807) is 30.6 Å². The van der Waals surface area contributed by atoms with E-state index in [1.807, 2.05) is 60.7 Å². The molecule has 0 aliphatic carbocycles. The Balaban J connectivity index is 0.963. The number of rotatable bonds is 10. The van der Waals surface area contributed by atoms with Crippen molar-refractivity contribution in [3.05, 3.63) is 102 Å². The topological polar surface area (TPSA) is 235 Å². The maximum absolute atomic E-state index is 12.5. The first kappa shape index (κ1) is 42.8. The van der Waals surface area contributed by atoms with E-state index in [0.29, 0.717) is 22.8 Å². The summed E-state index contributed by atoms with van der Waals surface area (Å²) >= 11 is 0. The third kappa shape index (κ3) is 8.98. The second-order valence-electron chi connectivity index (χ2n) is 15.4. The van der Waals surface area contributed by atoms with E-state index in [1.165, 1.54) is 37.1 Å². The highest BCUT2D eigenvalue weighted by Gasteiger charge is 2.56. The Hall–Kier alpha value is -6.49. The van der Waals surface area contributed by atoms with Crippen LogP contribution in [0, 0.1) is 0 Å². The van der Waals surface area contributed by atoms with Crippen LogP contribution in [0.15, 0.2) is 91.3 Å². The van der Waals surface area contributed by atoms with E-state index in [-0.39, 0.29) is 13.2 Å². The number of hydrogen-bond donors (Lipinski definition) is 0. The molecule has 4 fully saturated rings. The van der Waals surface area contributed by atoms with Gasteiger partial charge in [0.05, 0.1) is 37.0 Å². The predicted octanol–water partition coefficient (Wildman–Crippen LogP) is 3.35. The van der Waals surface area contributed by atoms with Crippen LogP contribution in [0.2, 0.25) is 0 Å². The first-order valence-electron chi connectivity index (χ1n) is 20.4. The van der Waals surface area contributed by atoms with Crippen molar-refractivity contribution in [2.45, 2.75) is 102 Å². The maximum Gasteiger partial charge on any atom is 0.303 e. The Labute approximate surface area is 364 Å². The Kier molecular flexibility index (Phi) is 12.2. The maximum atomic E-state index is 12.5. The van der Waals surface area contributed by atoms with Gasteiger partial charge in [-0.3, -0.25) is 19.2 Å². The van der Waals surface area contributed by atoms with Gasteiger partial charge in [-0.15, -0.1) is 10.2 Å². The lowest BCUT2D eigenvalue weighted by Crippen LogP contribution is -2.62. The zero-order valence-corrected chi connectivity index (χ0v) is 34.8. The third-order valence-electron chi connectivity index (χ3n) is 10.8. The summed E-state index contributed by atoms with van der Waals surface area (Å²) in [5, 5.41) is 17.3. The van der Waals surface area contributed by atoms with Gasteiger partial charge in [0, 0.05) is 38.8 Å². The lowest BCUT2D eigenvalue weighted by Gasteiger charge is -2.48. The number of carbonyl (C=O) groups excluding carboxylic acids is 4. The highest BCUT2D eigenvalue weighted by Crippen LogP contribution is 2.42. The standard InChI is InChI=1S/C43H43N7O14/c1-22(51)57-36-34-32(20-55-42(63-34)26-12-7-5-8-13-26)61-40(38(36)59-24(3)53)49-18-30(45-47-49)28-16-11-17-29(44-28)31-19-50(48-46-31)41-39(60-25(4)54)37(58-23(2)52)35-33(62-41)21-56-43(64-35)27-14-9-6-10-15-27/h5-19,32-43H,20-21H2,1-4H3/t32-,33-,34+,35+,36+,37+,38-,39-,40-,41-,42+,43+/m1/s1. The minimum atomic E-state index is -1.20. The van der Waals surface area contributed by atoms with Gasteiger partial charge in [-0.2, -0.15) is 0 Å². The summed E-state index contributed by atoms with van der Waals surface area (Å²) in [5.74, 6) is -2.55. The summed E-state index contributed by atoms with van der Waals surface area (Å²) < 4.78 is 63.2. The van der Waals surface area contributed by atoms with Gasteiger partial charge in [-0.1, -0.05) is 77.2 Å². The largest absolute Gasteiger partial charge is 0.455 e. The Bertz CT molecular complexity index is 2310. The van der Waals surface area contributed by atoms with Crippen LogP contribution in [0.5, 0.6) is 0 Å². The monoisotopic (exact) mass is 881 g/mol. The third-order valence-corrected chi connectivity index (χ3v) is 10.8. The molecule has 0 spiro atoms. The molecule has 7 heterocycles. The van der Waals surface area contributed by atoms with Gasteiger partial charge in [0.25, 0.3) is 0 Å². The fraction of sp³-hybridized carbons (Fsp3) is 0.419. The van der Waals surface area contributed by atoms with Gasteiger partial charge in [-0.25, -0.2) is 14.3 Å². The van der Waals surface area contributed by atoms with Crippen molar-refractivity contribution in [2.75, 3.05) is 13.2 Å². The lowest BCUT2D eigenvalue weighted by atomic mass is 9.96. The molecule has 2 aromatic carbocycles. The molecule has 4 aliphatic heterocycles. The summed E-state index contributed by atoms with van der Waals surface area (Å²) in [4.78, 5) is 54.7. The van der Waals surface area contributed by atoms with Crippen LogP contribution < -0.4 is 0 Å². The minimum absolute atomic E-state index is 0.0621. The number of pyridine rings is 1. The lowest BCUT2D eigenvalue weighted by molar-refractivity contribution is -0.341. The second-order valence-corrected chi connectivity index (χ2v) is 15.4. The molecule has 9 rings (SSSR count). The summed E-state index contributed by atoms with van der Waals surface area (Å²) in [6.07, 6.45) is -8.60. The minimum Gasteiger partial charge on any atom is -0.455 e. The van der Waals surface area contributed by atoms with Crippen LogP contribution in [0.3, 0.4) is 0 Å². The van der Waals surface area contributed by atoms with E-state index in [9.17, 15) is 19.2 Å². The average molecular weight is 882 g/mol. The van der Waals surface area contributed by atoms with Gasteiger partial charge in [0.2, 0.25) is 0 Å². The number of ether oxygens (including phenoxy) is 10. The molecule has 21 heteroatoms. The van der Waals surface area contributed by atoms with Crippen molar-refractivity contribution < 1.29 is 66.5 Å². The Morgan fingerprint density at radius 1 is 0.500 bits per heavy atom. The molecule has 12 atom stereocenters. The van der Waals surface area contributed by atoms with E-state index >= 15 is 0 Å². The summed E-state index contributed by atoms with van der Waals surface area (Å²) in [5.41, 5.74) is 2.84. The summed E-state index contributed by atoms with van der Waals surface area (Å²) in [7, 11) is 0. The number of aromatic nitrogens is 7. The predicted molar refractivity (Wildman–Crippen MR) is 212 cm³/mol. The first-order valence-corrected chi connectivity index (χ1v) is 20.4. The van der Waals surface area contributed by atoms with E-state index in [2.05, 4.69) is 20.6 Å². The van der Waals surface area contributed by atoms with Crippen molar-refractivity contribution in [3.63, 3.8) is 0 Å². The molecule has 0 saturated carbocycles. The number of esters is 4. The number of nitrogens with zero attached hydrogens (tertiary/aromatic N) is 7. The molecule has 0 radical (unpaired) electrons. The van der Waals surface area contributed by atoms with Crippen molar-refractivity contribution in [2.24, 2.45) is 0 Å². The number of fused-ring (bicyclic) bond motifs is 2. The zero-order chi connectivity index (χ0) is 44.5. The van der Waals surface area contributed by atoms with Gasteiger partial charge in [0.1, 0.15) is 35.8 Å². The molecule has 0 amide bonds. The van der Waals surface area contributed by atoms with Crippen molar-refractivity contribution in [3.8, 4) is 22.8 Å². The van der Waals surface area contributed by atoms with E-state index in [4.69, 9.17) is 52.4 Å². The van der Waals surface area contributed by atoms with E-state index < -0.39 is 97.7 Å². The van der Waals surface area contributed by atoms with Crippen molar-refractivity contribution in [1.29, 1.82) is 0 Å². The van der Waals surface area contributed by atoms with Crippen molar-refractivity contribution in [1.82, 2.24) is 35.0 Å². The average Bonchev–Trinajstić information content (AvgIpc) is 3.99. The summed E-state index contributed by atoms with van der Waals surface area (Å²) in [6.45, 7) is 5.09. The number of benzene rings is 2. The number of hydrogen-bond acceptors (Lipinski definition) is 19. The molecule has 64 heavy (non-hydrogen) atoms. The number of carbonyl (C=O) groups is 4. The van der Waals surface area contributed by atoms with Gasteiger partial charge in [-0.05, 0) is 12.1 Å². The fourth-order valence-corrected chi connectivity index (χ4v) is 8.15. The normalized spacial score (nSPS) is 29.9. The van der Waals surface area contributed by atoms with Crippen LogP contribution in [-0.2, 0) is 66.5 Å². The van der Waals surface area contributed by atoms with Crippen molar-refractivity contribution >= 4 is 23.9 Å². The highest BCUT2D eigenvalue weighted by atomic mass is 16.7. The van der Waals surface area contributed by atoms with Crippen LogP contribution in [0.1, 0.15) is 63.9 Å². The molecular formula is C43H43N7O14. The van der Waals surface area contributed by atoms with Gasteiger partial charge < -0.3 is 47.4 Å². The molecule has 3 aromatic heterocycles. The van der Waals surface area contributed by atoms with Crippen LogP contribution in [0.25, 0.3) is 22.8 Å². The zero-order valence-electron chi connectivity index (χ0n) is 34.8. The van der Waals surface area contributed by atoms with Gasteiger partial charge >= 0.3 is 23.9 Å². The Morgan fingerprint density at radius 3 is 1.28 bits per heavy atom. The highest BCUT2D eigenvalue weighted by molar-refractivity contribution is 5.68. The molecule has 21 nitrogen and oxygen atoms in total. The fourth-order valence-electron chi connectivity index (χ4n) is 8.15. The summed E-state index contributed by atoms with van der Waals surface area (Å²) in [6, 6.07) is 23.6. The SMILES string of the molecule is CC(=O)O[C@@H]1[C@@H](OC(C)=O)[C@H](n2cc(-c3cccc(-c4cn([C@@H]5O[C@@H]6CO[C@H](c7ccccc7)O[C@@H]6[C@H](OC(C)=O)[C@H]5OC(C)=O)nn4)n3)nn2)O[C@@H]2CO[C@H](c3ccccc3)O[C@H]12. The van der Waals surface area contributed by atoms with Crippen LogP contribution in [0.4, 0.5) is 0 Å². The second kappa shape index (κ2) is 18.3. The molecule has 0 N–H and O–H groups in total. The molecular weight excluding hydrogens is 839 g/mol. The first-order chi connectivity index (χ1) is 31.0. The molecule has 0 unspecified atom stereocenters. The quantitative estimate of drug-likeness (QED) is 0.144. The molecule has 4 saturated heterocycles. The van der Waals surface area contributed by atoms with Gasteiger partial charge in [0.15, 0.2) is 49.5 Å². The molecule has 4 aliphatic rings. The van der Waals surface area contributed by atoms with Crippen LogP contribution in [-0.4, -0.2) is 121 Å². The molecule has 5 aromatic rings. The van der Waals surface area contributed by atoms with Crippen LogP contribution >= 0.6 is 0 Å². The van der Waals surface area contributed by atoms with E-state index in [0.717, 1.165) is 11.1 Å². The Morgan fingerprint density at radius 2 is 0.891 bits per heavy atom.